The van der Waals surface area contributed by atoms with Gasteiger partial charge in [0.1, 0.15) is 0 Å². The van der Waals surface area contributed by atoms with Crippen molar-refractivity contribution in [2.24, 2.45) is 0 Å². The highest BCUT2D eigenvalue weighted by Crippen LogP contribution is 2.29. The van der Waals surface area contributed by atoms with E-state index in [1.807, 2.05) is 48.5 Å². The lowest BCUT2D eigenvalue weighted by atomic mass is 10.1. The van der Waals surface area contributed by atoms with Crippen LogP contribution in [0.15, 0.2) is 54.6 Å². The van der Waals surface area contributed by atoms with Crippen LogP contribution in [0.25, 0.3) is 6.08 Å². The summed E-state index contributed by atoms with van der Waals surface area (Å²) in [4.78, 5) is 14.6. The number of rotatable bonds is 18. The summed E-state index contributed by atoms with van der Waals surface area (Å²) < 4.78 is 11.5. The smallest absolute Gasteiger partial charge is 0.248 e. The van der Waals surface area contributed by atoms with E-state index in [-0.39, 0.29) is 5.91 Å². The Bertz CT molecular complexity index is 863. The van der Waals surface area contributed by atoms with Crippen LogP contribution in [0.5, 0.6) is 11.5 Å². The highest BCUT2D eigenvalue weighted by molar-refractivity contribution is 6.01. The quantitative estimate of drug-likeness (QED) is 0.181. The molecule has 0 heterocycles. The largest absolute Gasteiger partial charge is 0.493 e. The van der Waals surface area contributed by atoms with Gasteiger partial charge in [-0.15, -0.1) is 0 Å². The third kappa shape index (κ3) is 11.9. The number of para-hydroxylation sites is 1. The van der Waals surface area contributed by atoms with Gasteiger partial charge in [-0.3, -0.25) is 4.79 Å². The standard InChI is InChI=1S/C30H44N2O3/c1-4-32(5-2)23-15-10-8-6-7-9-11-16-24-35-28-21-19-26(25-29(28)34-3)20-22-30(33)31-27-17-13-12-14-18-27/h12-14,17-22,25H,4-11,15-16,23-24H2,1-3H3,(H,31,33)/b22-20+. The second kappa shape index (κ2) is 17.6. The number of hydrogen-bond acceptors (Lipinski definition) is 4. The van der Waals surface area contributed by atoms with Gasteiger partial charge >= 0.3 is 0 Å². The third-order valence-electron chi connectivity index (χ3n) is 6.18. The zero-order valence-electron chi connectivity index (χ0n) is 21.9. The minimum absolute atomic E-state index is 0.171. The van der Waals surface area contributed by atoms with Crippen molar-refractivity contribution < 1.29 is 14.3 Å². The molecule has 1 N–H and O–H groups in total. The van der Waals surface area contributed by atoms with Crippen LogP contribution in [-0.2, 0) is 4.79 Å². The summed E-state index contributed by atoms with van der Waals surface area (Å²) in [7, 11) is 1.64. The van der Waals surface area contributed by atoms with Gasteiger partial charge in [0.25, 0.3) is 0 Å². The molecule has 2 aromatic rings. The van der Waals surface area contributed by atoms with Gasteiger partial charge in [-0.1, -0.05) is 76.6 Å². The van der Waals surface area contributed by atoms with Crippen molar-refractivity contribution in [2.45, 2.75) is 65.2 Å². The first-order valence-corrected chi connectivity index (χ1v) is 13.2. The summed E-state index contributed by atoms with van der Waals surface area (Å²) in [6.07, 6.45) is 13.5. The van der Waals surface area contributed by atoms with Crippen molar-refractivity contribution >= 4 is 17.7 Å². The fourth-order valence-corrected chi connectivity index (χ4v) is 4.00. The van der Waals surface area contributed by atoms with Gasteiger partial charge < -0.3 is 19.7 Å². The SMILES string of the molecule is CCN(CC)CCCCCCCCCCOc1ccc(/C=C/C(=O)Nc2ccccc2)cc1OC. The van der Waals surface area contributed by atoms with E-state index in [4.69, 9.17) is 9.47 Å². The van der Waals surface area contributed by atoms with Crippen LogP contribution in [0.4, 0.5) is 5.69 Å². The van der Waals surface area contributed by atoms with Crippen LogP contribution in [0, 0.1) is 0 Å². The molecule has 2 rings (SSSR count). The second-order valence-corrected chi connectivity index (χ2v) is 8.80. The molecule has 0 fully saturated rings. The lowest BCUT2D eigenvalue weighted by Crippen LogP contribution is -2.23. The van der Waals surface area contributed by atoms with E-state index in [0.717, 1.165) is 23.4 Å². The Hall–Kier alpha value is -2.79. The van der Waals surface area contributed by atoms with Crippen LogP contribution in [-0.4, -0.2) is 44.2 Å². The Morgan fingerprint density at radius 2 is 1.51 bits per heavy atom. The molecule has 0 unspecified atom stereocenters. The zero-order chi connectivity index (χ0) is 25.1. The van der Waals surface area contributed by atoms with E-state index in [2.05, 4.69) is 24.1 Å². The van der Waals surface area contributed by atoms with Gasteiger partial charge in [0, 0.05) is 11.8 Å². The van der Waals surface area contributed by atoms with Gasteiger partial charge in [0.05, 0.1) is 13.7 Å². The Morgan fingerprint density at radius 1 is 0.857 bits per heavy atom. The molecule has 0 bridgehead atoms. The molecule has 5 heteroatoms. The lowest BCUT2D eigenvalue weighted by Gasteiger charge is -2.17. The molecule has 0 aliphatic rings. The summed E-state index contributed by atoms with van der Waals surface area (Å²) in [5.74, 6) is 1.25. The van der Waals surface area contributed by atoms with E-state index in [9.17, 15) is 4.79 Å². The Labute approximate surface area is 212 Å². The highest BCUT2D eigenvalue weighted by atomic mass is 16.5. The summed E-state index contributed by atoms with van der Waals surface area (Å²) in [6.45, 7) is 8.75. The van der Waals surface area contributed by atoms with Crippen molar-refractivity contribution in [1.29, 1.82) is 0 Å². The van der Waals surface area contributed by atoms with E-state index < -0.39 is 0 Å². The Morgan fingerprint density at radius 3 is 2.17 bits per heavy atom. The van der Waals surface area contributed by atoms with Crippen LogP contribution in [0.1, 0.15) is 70.8 Å². The molecular formula is C30H44N2O3. The van der Waals surface area contributed by atoms with Crippen LogP contribution in [0.2, 0.25) is 0 Å². The number of carbonyl (C=O) groups excluding carboxylic acids is 1. The molecular weight excluding hydrogens is 436 g/mol. The summed E-state index contributed by atoms with van der Waals surface area (Å²) >= 11 is 0. The molecule has 0 saturated heterocycles. The number of hydrogen-bond donors (Lipinski definition) is 1. The number of unbranched alkanes of at least 4 members (excludes halogenated alkanes) is 7. The maximum absolute atomic E-state index is 12.1. The van der Waals surface area contributed by atoms with Crippen molar-refractivity contribution in [2.75, 3.05) is 38.7 Å². The average Bonchev–Trinajstić information content (AvgIpc) is 2.89. The predicted molar refractivity (Wildman–Crippen MR) is 147 cm³/mol. The van der Waals surface area contributed by atoms with E-state index in [0.29, 0.717) is 12.4 Å². The number of benzene rings is 2. The van der Waals surface area contributed by atoms with Crippen LogP contribution < -0.4 is 14.8 Å². The number of carbonyl (C=O) groups is 1. The van der Waals surface area contributed by atoms with Gasteiger partial charge in [0.2, 0.25) is 5.91 Å². The molecule has 1 amide bonds. The molecule has 2 aromatic carbocycles. The van der Waals surface area contributed by atoms with Crippen molar-refractivity contribution in [3.8, 4) is 11.5 Å². The number of nitrogens with zero attached hydrogens (tertiary/aromatic N) is 1. The second-order valence-electron chi connectivity index (χ2n) is 8.80. The number of anilines is 1. The summed E-state index contributed by atoms with van der Waals surface area (Å²) in [6, 6.07) is 15.1. The highest BCUT2D eigenvalue weighted by Gasteiger charge is 2.05. The number of nitrogens with one attached hydrogen (secondary N) is 1. The molecule has 5 nitrogen and oxygen atoms in total. The topological polar surface area (TPSA) is 50.8 Å². The molecule has 0 saturated carbocycles. The van der Waals surface area contributed by atoms with Crippen molar-refractivity contribution in [3.05, 3.63) is 60.2 Å². The lowest BCUT2D eigenvalue weighted by molar-refractivity contribution is -0.111. The first-order valence-electron chi connectivity index (χ1n) is 13.2. The van der Waals surface area contributed by atoms with Crippen LogP contribution in [0.3, 0.4) is 0 Å². The van der Waals surface area contributed by atoms with Crippen molar-refractivity contribution in [1.82, 2.24) is 4.90 Å². The fraction of sp³-hybridized carbons (Fsp3) is 0.500. The first kappa shape index (κ1) is 28.4. The van der Waals surface area contributed by atoms with E-state index in [1.54, 1.807) is 13.2 Å². The number of amides is 1. The maximum atomic E-state index is 12.1. The maximum Gasteiger partial charge on any atom is 0.248 e. The van der Waals surface area contributed by atoms with E-state index >= 15 is 0 Å². The summed E-state index contributed by atoms with van der Waals surface area (Å²) in [5.41, 5.74) is 1.66. The molecule has 0 aromatic heterocycles. The average molecular weight is 481 g/mol. The molecule has 0 radical (unpaired) electrons. The fourth-order valence-electron chi connectivity index (χ4n) is 4.00. The number of ether oxygens (including phenoxy) is 2. The minimum atomic E-state index is -0.171. The minimum Gasteiger partial charge on any atom is -0.493 e. The van der Waals surface area contributed by atoms with Crippen molar-refractivity contribution in [3.63, 3.8) is 0 Å². The Kier molecular flexibility index (Phi) is 14.3. The van der Waals surface area contributed by atoms with Crippen LogP contribution >= 0.6 is 0 Å². The predicted octanol–water partition coefficient (Wildman–Crippen LogP) is 7.19. The monoisotopic (exact) mass is 480 g/mol. The molecule has 0 aliphatic heterocycles. The van der Waals surface area contributed by atoms with Gasteiger partial charge in [-0.2, -0.15) is 0 Å². The van der Waals surface area contributed by atoms with Gasteiger partial charge in [-0.05, 0) is 68.4 Å². The normalized spacial score (nSPS) is 11.2. The Balaban J connectivity index is 1.61. The molecule has 0 atom stereocenters. The van der Waals surface area contributed by atoms with Gasteiger partial charge in [0.15, 0.2) is 11.5 Å². The molecule has 192 valence electrons. The summed E-state index contributed by atoms with van der Waals surface area (Å²) in [5, 5.41) is 2.84. The number of methoxy groups -OCH3 is 1. The molecule has 0 spiro atoms. The molecule has 35 heavy (non-hydrogen) atoms. The molecule has 0 aliphatic carbocycles. The van der Waals surface area contributed by atoms with E-state index in [1.165, 1.54) is 70.7 Å². The third-order valence-corrected chi connectivity index (χ3v) is 6.18. The first-order chi connectivity index (χ1) is 17.2. The zero-order valence-corrected chi connectivity index (χ0v) is 21.9. The van der Waals surface area contributed by atoms with Gasteiger partial charge in [-0.25, -0.2) is 0 Å².